The largest absolute Gasteiger partial charge is 0.497 e. The van der Waals surface area contributed by atoms with Gasteiger partial charge in [0.2, 0.25) is 0 Å². The second kappa shape index (κ2) is 6.19. The summed E-state index contributed by atoms with van der Waals surface area (Å²) in [5.41, 5.74) is 0.810. The minimum Gasteiger partial charge on any atom is -0.497 e. The summed E-state index contributed by atoms with van der Waals surface area (Å²) in [6, 6.07) is 5.03. The van der Waals surface area contributed by atoms with Gasteiger partial charge < -0.3 is 9.47 Å². The molecule has 0 N–H and O–H groups in total. The fourth-order valence-electron chi connectivity index (χ4n) is 2.84. The van der Waals surface area contributed by atoms with Crippen LogP contribution in [-0.4, -0.2) is 20.8 Å². The molecule has 1 fully saturated rings. The molecule has 100 valence electrons. The molecule has 0 atom stereocenters. The van der Waals surface area contributed by atoms with E-state index in [4.69, 9.17) is 9.47 Å². The van der Waals surface area contributed by atoms with Crippen molar-refractivity contribution in [3.63, 3.8) is 0 Å². The molecule has 1 aliphatic carbocycles. The summed E-state index contributed by atoms with van der Waals surface area (Å²) in [5, 5.41) is 0. The van der Waals surface area contributed by atoms with Gasteiger partial charge in [-0.1, -0.05) is 0 Å². The Balaban J connectivity index is 2.04. The molecule has 1 aliphatic rings. The van der Waals surface area contributed by atoms with E-state index in [1.54, 1.807) is 20.3 Å². The lowest BCUT2D eigenvalue weighted by molar-refractivity contribution is 0.127. The van der Waals surface area contributed by atoms with Crippen LogP contribution >= 0.6 is 0 Å². The number of halogens is 1. The van der Waals surface area contributed by atoms with Crippen molar-refractivity contribution >= 4 is 0 Å². The van der Waals surface area contributed by atoms with Crippen LogP contribution in [0.3, 0.4) is 0 Å². The van der Waals surface area contributed by atoms with Crippen molar-refractivity contribution in [2.75, 3.05) is 20.8 Å². The van der Waals surface area contributed by atoms with Crippen molar-refractivity contribution in [3.05, 3.63) is 29.6 Å². The molecule has 0 amide bonds. The van der Waals surface area contributed by atoms with Crippen LogP contribution in [0, 0.1) is 11.7 Å². The molecule has 2 rings (SSSR count). The Kier molecular flexibility index (Phi) is 4.59. The van der Waals surface area contributed by atoms with Crippen molar-refractivity contribution in [2.45, 2.75) is 31.6 Å². The van der Waals surface area contributed by atoms with E-state index in [1.807, 2.05) is 6.07 Å². The summed E-state index contributed by atoms with van der Waals surface area (Å²) in [7, 11) is 3.36. The summed E-state index contributed by atoms with van der Waals surface area (Å²) in [6.45, 7) is 0.827. The minimum atomic E-state index is -0.106. The van der Waals surface area contributed by atoms with Gasteiger partial charge in [-0.15, -0.1) is 0 Å². The molecule has 0 spiro atoms. The average molecular weight is 252 g/mol. The molecule has 0 aromatic heterocycles. The Labute approximate surface area is 108 Å². The number of rotatable bonds is 4. The maximum Gasteiger partial charge on any atom is 0.126 e. The highest BCUT2D eigenvalue weighted by Crippen LogP contribution is 2.37. The Morgan fingerprint density at radius 2 is 1.89 bits per heavy atom. The van der Waals surface area contributed by atoms with Crippen LogP contribution in [0.25, 0.3) is 0 Å². The molecule has 1 saturated carbocycles. The predicted octanol–water partition coefficient (Wildman–Crippen LogP) is 3.75. The SMILES string of the molecule is COCC1CCC(c2cc(OC)ccc2F)CC1. The zero-order chi connectivity index (χ0) is 13.0. The van der Waals surface area contributed by atoms with Crippen molar-refractivity contribution in [1.29, 1.82) is 0 Å². The zero-order valence-electron chi connectivity index (χ0n) is 11.1. The number of benzene rings is 1. The molecule has 1 aromatic carbocycles. The van der Waals surface area contributed by atoms with Crippen LogP contribution in [0.2, 0.25) is 0 Å². The Bertz CT molecular complexity index is 384. The lowest BCUT2D eigenvalue weighted by Crippen LogP contribution is -2.17. The lowest BCUT2D eigenvalue weighted by atomic mass is 9.79. The average Bonchev–Trinajstić information content (AvgIpc) is 2.41. The monoisotopic (exact) mass is 252 g/mol. The maximum atomic E-state index is 13.9. The fourth-order valence-corrected chi connectivity index (χ4v) is 2.84. The molecule has 0 bridgehead atoms. The molecule has 0 heterocycles. The number of ether oxygens (including phenoxy) is 2. The predicted molar refractivity (Wildman–Crippen MR) is 69.5 cm³/mol. The second-order valence-electron chi connectivity index (χ2n) is 5.06. The van der Waals surface area contributed by atoms with Gasteiger partial charge in [-0.2, -0.15) is 0 Å². The van der Waals surface area contributed by atoms with Crippen molar-refractivity contribution in [1.82, 2.24) is 0 Å². The molecule has 1 aromatic rings. The molecular weight excluding hydrogens is 231 g/mol. The first kappa shape index (κ1) is 13.3. The van der Waals surface area contributed by atoms with Crippen molar-refractivity contribution in [2.24, 2.45) is 5.92 Å². The van der Waals surface area contributed by atoms with Gasteiger partial charge in [0.15, 0.2) is 0 Å². The van der Waals surface area contributed by atoms with E-state index < -0.39 is 0 Å². The van der Waals surface area contributed by atoms with Gasteiger partial charge in [0, 0.05) is 13.7 Å². The molecule has 0 saturated heterocycles. The molecule has 0 radical (unpaired) electrons. The molecular formula is C15H21FO2. The highest BCUT2D eigenvalue weighted by Gasteiger charge is 2.24. The first-order chi connectivity index (χ1) is 8.74. The molecule has 3 heteroatoms. The molecule has 0 aliphatic heterocycles. The summed E-state index contributed by atoms with van der Waals surface area (Å²) in [5.74, 6) is 1.60. The normalized spacial score (nSPS) is 23.9. The van der Waals surface area contributed by atoms with E-state index in [0.29, 0.717) is 11.8 Å². The lowest BCUT2D eigenvalue weighted by Gasteiger charge is -2.28. The van der Waals surface area contributed by atoms with Crippen LogP contribution in [-0.2, 0) is 4.74 Å². The summed E-state index contributed by atoms with van der Waals surface area (Å²) >= 11 is 0. The maximum absolute atomic E-state index is 13.9. The molecule has 0 unspecified atom stereocenters. The summed E-state index contributed by atoms with van der Waals surface area (Å²) in [6.07, 6.45) is 4.32. The van der Waals surface area contributed by atoms with Gasteiger partial charge in [0.1, 0.15) is 11.6 Å². The summed E-state index contributed by atoms with van der Waals surface area (Å²) < 4.78 is 24.2. The smallest absolute Gasteiger partial charge is 0.126 e. The topological polar surface area (TPSA) is 18.5 Å². The molecule has 2 nitrogen and oxygen atoms in total. The van der Waals surface area contributed by atoms with Gasteiger partial charge in [0.25, 0.3) is 0 Å². The van der Waals surface area contributed by atoms with E-state index in [1.165, 1.54) is 6.07 Å². The Morgan fingerprint density at radius 3 is 2.50 bits per heavy atom. The molecule has 18 heavy (non-hydrogen) atoms. The third-order valence-electron chi connectivity index (χ3n) is 3.89. The number of methoxy groups -OCH3 is 2. The van der Waals surface area contributed by atoms with Crippen LogP contribution in [0.15, 0.2) is 18.2 Å². The van der Waals surface area contributed by atoms with Crippen LogP contribution in [0.1, 0.15) is 37.2 Å². The standard InChI is InChI=1S/C15H21FO2/c1-17-10-11-3-5-12(6-4-11)14-9-13(18-2)7-8-15(14)16/h7-9,11-12H,3-6,10H2,1-2H3. The number of hydrogen-bond donors (Lipinski definition) is 0. The van der Waals surface area contributed by atoms with Crippen molar-refractivity contribution < 1.29 is 13.9 Å². The number of hydrogen-bond acceptors (Lipinski definition) is 2. The van der Waals surface area contributed by atoms with E-state index in [9.17, 15) is 4.39 Å². The third-order valence-corrected chi connectivity index (χ3v) is 3.89. The van der Waals surface area contributed by atoms with Crippen LogP contribution < -0.4 is 4.74 Å². The van der Waals surface area contributed by atoms with Crippen LogP contribution in [0.5, 0.6) is 5.75 Å². The first-order valence-electron chi connectivity index (χ1n) is 6.57. The van der Waals surface area contributed by atoms with Crippen molar-refractivity contribution in [3.8, 4) is 5.75 Å². The fraction of sp³-hybridized carbons (Fsp3) is 0.600. The van der Waals surface area contributed by atoms with E-state index in [0.717, 1.165) is 43.6 Å². The quantitative estimate of drug-likeness (QED) is 0.812. The van der Waals surface area contributed by atoms with Gasteiger partial charge in [0.05, 0.1) is 7.11 Å². The highest BCUT2D eigenvalue weighted by atomic mass is 19.1. The van der Waals surface area contributed by atoms with E-state index >= 15 is 0 Å². The van der Waals surface area contributed by atoms with Crippen LogP contribution in [0.4, 0.5) is 4.39 Å². The second-order valence-corrected chi connectivity index (χ2v) is 5.06. The summed E-state index contributed by atoms with van der Waals surface area (Å²) in [4.78, 5) is 0. The highest BCUT2D eigenvalue weighted by molar-refractivity contribution is 5.32. The minimum absolute atomic E-state index is 0.106. The zero-order valence-corrected chi connectivity index (χ0v) is 11.1. The van der Waals surface area contributed by atoms with E-state index in [-0.39, 0.29) is 5.82 Å². The van der Waals surface area contributed by atoms with Gasteiger partial charge in [-0.3, -0.25) is 0 Å². The Morgan fingerprint density at radius 1 is 1.17 bits per heavy atom. The van der Waals surface area contributed by atoms with Gasteiger partial charge in [-0.25, -0.2) is 4.39 Å². The van der Waals surface area contributed by atoms with Gasteiger partial charge >= 0.3 is 0 Å². The van der Waals surface area contributed by atoms with E-state index in [2.05, 4.69) is 0 Å². The third kappa shape index (κ3) is 3.02. The first-order valence-corrected chi connectivity index (χ1v) is 6.57. The van der Waals surface area contributed by atoms with Gasteiger partial charge in [-0.05, 0) is 61.3 Å². The Hall–Kier alpha value is -1.09.